The fourth-order valence-corrected chi connectivity index (χ4v) is 3.91. The van der Waals surface area contributed by atoms with Crippen molar-refractivity contribution in [1.82, 2.24) is 10.2 Å². The molecule has 1 atom stereocenters. The molecular weight excluding hydrogens is 380 g/mol. The molecule has 0 saturated heterocycles. The number of hydrogen-bond acceptors (Lipinski definition) is 4. The van der Waals surface area contributed by atoms with Crippen LogP contribution in [0.5, 0.6) is 0 Å². The molecular formula is C23H16N4O3. The van der Waals surface area contributed by atoms with Gasteiger partial charge < -0.3 is 0 Å². The highest BCUT2D eigenvalue weighted by atomic mass is 16.6. The summed E-state index contributed by atoms with van der Waals surface area (Å²) >= 11 is 0. The topological polar surface area (TPSA) is 92.1 Å². The second kappa shape index (κ2) is 6.97. The summed E-state index contributed by atoms with van der Waals surface area (Å²) in [5.74, 6) is -0.161. The lowest BCUT2D eigenvalue weighted by Gasteiger charge is -2.26. The van der Waals surface area contributed by atoms with Gasteiger partial charge in [0, 0.05) is 28.9 Å². The monoisotopic (exact) mass is 396 g/mol. The number of rotatable bonds is 4. The first kappa shape index (κ1) is 17.8. The molecule has 0 aliphatic carbocycles. The Morgan fingerprint density at radius 2 is 1.53 bits per heavy atom. The average molecular weight is 396 g/mol. The number of amides is 1. The molecule has 0 bridgehead atoms. The smallest absolute Gasteiger partial charge is 0.277 e. The van der Waals surface area contributed by atoms with Gasteiger partial charge in [-0.2, -0.15) is 5.10 Å². The quantitative estimate of drug-likeness (QED) is 0.398. The third-order valence-electron chi connectivity index (χ3n) is 5.27. The number of fused-ring (bicyclic) bond motifs is 1. The number of benzene rings is 3. The van der Waals surface area contributed by atoms with Crippen molar-refractivity contribution >= 4 is 17.3 Å². The van der Waals surface area contributed by atoms with Crippen molar-refractivity contribution in [3.63, 3.8) is 0 Å². The predicted octanol–water partition coefficient (Wildman–Crippen LogP) is 4.73. The third-order valence-corrected chi connectivity index (χ3v) is 5.27. The van der Waals surface area contributed by atoms with E-state index in [1.165, 1.54) is 12.1 Å². The summed E-state index contributed by atoms with van der Waals surface area (Å²) in [6.45, 7) is 0. The minimum atomic E-state index is -0.438. The maximum atomic E-state index is 13.3. The minimum absolute atomic E-state index is 0.00697. The van der Waals surface area contributed by atoms with Crippen molar-refractivity contribution < 1.29 is 9.72 Å². The number of nitro groups is 1. The minimum Gasteiger partial charge on any atom is -0.295 e. The molecule has 7 nitrogen and oxygen atoms in total. The van der Waals surface area contributed by atoms with Crippen molar-refractivity contribution in [2.75, 3.05) is 4.90 Å². The van der Waals surface area contributed by atoms with E-state index < -0.39 is 4.92 Å². The van der Waals surface area contributed by atoms with E-state index in [4.69, 9.17) is 0 Å². The standard InChI is InChI=1S/C23H16N4O3/c28-23-21-19(20(24-25-21)15-11-13-18(14-12-15)27(29)30)22(16-7-3-1-4-8-16)26(23)17-9-5-2-6-10-17/h1-14,22H,(H,24,25). The molecule has 7 heteroatoms. The maximum Gasteiger partial charge on any atom is 0.277 e. The Labute approximate surface area is 171 Å². The second-order valence-corrected chi connectivity index (χ2v) is 6.99. The molecule has 0 radical (unpaired) electrons. The number of carbonyl (C=O) groups is 1. The number of nitrogens with one attached hydrogen (secondary N) is 1. The van der Waals surface area contributed by atoms with Crippen LogP contribution in [-0.4, -0.2) is 21.0 Å². The Kier molecular flexibility index (Phi) is 4.14. The molecule has 0 fully saturated rings. The lowest BCUT2D eigenvalue weighted by molar-refractivity contribution is -0.384. The van der Waals surface area contributed by atoms with E-state index in [2.05, 4.69) is 10.2 Å². The van der Waals surface area contributed by atoms with Crippen LogP contribution in [0, 0.1) is 10.1 Å². The largest absolute Gasteiger partial charge is 0.295 e. The third kappa shape index (κ3) is 2.76. The first-order valence-corrected chi connectivity index (χ1v) is 9.42. The van der Waals surface area contributed by atoms with Crippen LogP contribution in [0.4, 0.5) is 11.4 Å². The molecule has 1 aliphatic heterocycles. The van der Waals surface area contributed by atoms with Gasteiger partial charge in [-0.05, 0) is 29.8 Å². The molecule has 2 heterocycles. The van der Waals surface area contributed by atoms with Crippen molar-refractivity contribution in [3.05, 3.63) is 112 Å². The van der Waals surface area contributed by atoms with E-state index in [-0.39, 0.29) is 17.6 Å². The average Bonchev–Trinajstić information content (AvgIpc) is 3.34. The van der Waals surface area contributed by atoms with Gasteiger partial charge in [-0.15, -0.1) is 0 Å². The number of non-ortho nitro benzene ring substituents is 1. The number of anilines is 1. The van der Waals surface area contributed by atoms with Gasteiger partial charge in [-0.3, -0.25) is 24.9 Å². The van der Waals surface area contributed by atoms with E-state index in [1.54, 1.807) is 17.0 Å². The molecule has 30 heavy (non-hydrogen) atoms. The van der Waals surface area contributed by atoms with Crippen molar-refractivity contribution in [2.45, 2.75) is 6.04 Å². The van der Waals surface area contributed by atoms with E-state index in [0.717, 1.165) is 16.8 Å². The Bertz CT molecular complexity index is 1230. The van der Waals surface area contributed by atoms with Crippen LogP contribution in [0.15, 0.2) is 84.9 Å². The zero-order valence-electron chi connectivity index (χ0n) is 15.7. The number of aromatic nitrogens is 2. The fraction of sp³-hybridized carbons (Fsp3) is 0.0435. The zero-order valence-corrected chi connectivity index (χ0v) is 15.7. The van der Waals surface area contributed by atoms with Crippen molar-refractivity contribution in [3.8, 4) is 11.3 Å². The summed E-state index contributed by atoms with van der Waals surface area (Å²) in [7, 11) is 0. The number of nitrogens with zero attached hydrogens (tertiary/aromatic N) is 3. The van der Waals surface area contributed by atoms with Crippen LogP contribution in [0.25, 0.3) is 11.3 Å². The number of aromatic amines is 1. The lowest BCUT2D eigenvalue weighted by atomic mass is 9.96. The fourth-order valence-electron chi connectivity index (χ4n) is 3.91. The van der Waals surface area contributed by atoms with E-state index >= 15 is 0 Å². The highest BCUT2D eigenvalue weighted by Gasteiger charge is 2.42. The second-order valence-electron chi connectivity index (χ2n) is 6.99. The summed E-state index contributed by atoms with van der Waals surface area (Å²) < 4.78 is 0. The number of nitro benzene ring substituents is 1. The van der Waals surface area contributed by atoms with Gasteiger partial charge in [0.05, 0.1) is 16.7 Å². The number of carbonyl (C=O) groups excluding carboxylic acids is 1. The summed E-state index contributed by atoms with van der Waals surface area (Å²) in [5, 5.41) is 18.3. The predicted molar refractivity (Wildman–Crippen MR) is 112 cm³/mol. The Balaban J connectivity index is 1.69. The van der Waals surface area contributed by atoms with E-state index in [9.17, 15) is 14.9 Å². The maximum absolute atomic E-state index is 13.3. The van der Waals surface area contributed by atoms with E-state index in [0.29, 0.717) is 17.0 Å². The normalized spacial score (nSPS) is 15.3. The highest BCUT2D eigenvalue weighted by molar-refractivity contribution is 6.11. The lowest BCUT2D eigenvalue weighted by Crippen LogP contribution is -2.29. The van der Waals surface area contributed by atoms with Crippen LogP contribution in [0.3, 0.4) is 0 Å². The Morgan fingerprint density at radius 1 is 0.900 bits per heavy atom. The van der Waals surface area contributed by atoms with Crippen LogP contribution in [0.2, 0.25) is 0 Å². The Hall–Kier alpha value is -4.26. The summed E-state index contributed by atoms with van der Waals surface area (Å²) in [5.41, 5.74) is 4.27. The SMILES string of the molecule is O=C1c2[nH]nc(-c3ccc([N+](=O)[O-])cc3)c2C(c2ccccc2)N1c1ccccc1. The highest BCUT2D eigenvalue weighted by Crippen LogP contribution is 2.44. The first-order valence-electron chi connectivity index (χ1n) is 9.42. The molecule has 1 aromatic heterocycles. The molecule has 5 rings (SSSR count). The van der Waals surface area contributed by atoms with Gasteiger partial charge in [0.25, 0.3) is 11.6 Å². The summed E-state index contributed by atoms with van der Waals surface area (Å²) in [6.07, 6.45) is 0. The summed E-state index contributed by atoms with van der Waals surface area (Å²) in [6, 6.07) is 25.1. The van der Waals surface area contributed by atoms with Crippen LogP contribution >= 0.6 is 0 Å². The molecule has 0 spiro atoms. The van der Waals surface area contributed by atoms with Crippen molar-refractivity contribution in [2.24, 2.45) is 0 Å². The molecule has 0 saturated carbocycles. The van der Waals surface area contributed by atoms with Gasteiger partial charge in [0.1, 0.15) is 5.69 Å². The molecule has 1 amide bonds. The number of H-pyrrole nitrogens is 1. The van der Waals surface area contributed by atoms with Gasteiger partial charge in [0.15, 0.2) is 0 Å². The Morgan fingerprint density at radius 3 is 2.17 bits per heavy atom. The van der Waals surface area contributed by atoms with Gasteiger partial charge in [0.2, 0.25) is 0 Å². The molecule has 1 N–H and O–H groups in total. The van der Waals surface area contributed by atoms with Crippen molar-refractivity contribution in [1.29, 1.82) is 0 Å². The van der Waals surface area contributed by atoms with Crippen LogP contribution < -0.4 is 4.90 Å². The van der Waals surface area contributed by atoms with Crippen LogP contribution in [0.1, 0.15) is 27.7 Å². The number of hydrogen-bond donors (Lipinski definition) is 1. The van der Waals surface area contributed by atoms with Crippen LogP contribution in [-0.2, 0) is 0 Å². The summed E-state index contributed by atoms with van der Waals surface area (Å²) in [4.78, 5) is 25.7. The molecule has 1 aliphatic rings. The molecule has 1 unspecified atom stereocenters. The molecule has 3 aromatic carbocycles. The first-order chi connectivity index (χ1) is 14.6. The van der Waals surface area contributed by atoms with E-state index in [1.807, 2.05) is 60.7 Å². The molecule has 4 aromatic rings. The zero-order chi connectivity index (χ0) is 20.7. The van der Waals surface area contributed by atoms with Gasteiger partial charge >= 0.3 is 0 Å². The van der Waals surface area contributed by atoms with Gasteiger partial charge in [-0.25, -0.2) is 0 Å². The molecule has 146 valence electrons. The number of para-hydroxylation sites is 1. The van der Waals surface area contributed by atoms with Gasteiger partial charge in [-0.1, -0.05) is 48.5 Å².